The number of nitriles is 3. The molecule has 0 bridgehead atoms. The van der Waals surface area contributed by atoms with Crippen LogP contribution >= 0.6 is 11.6 Å². The van der Waals surface area contributed by atoms with Gasteiger partial charge in [0, 0.05) is 10.9 Å². The van der Waals surface area contributed by atoms with E-state index in [1.54, 1.807) is 12.1 Å². The fourth-order valence-corrected chi connectivity index (χ4v) is 5.06. The predicted molar refractivity (Wildman–Crippen MR) is 115 cm³/mol. The molecule has 0 aromatic heterocycles. The molecule has 2 aromatic carbocycles. The van der Waals surface area contributed by atoms with E-state index in [1.807, 2.05) is 30.3 Å². The quantitative estimate of drug-likeness (QED) is 0.723. The standard InChI is InChI=1S/C25H19ClN4/c26-19-9-6-17(7-10-19)23-21-12-18(16-4-2-1-3-5-16)8-11-20(21)22(13-27)24(30)25(23,14-28)15-29/h1-7,9-11,18,21,23H,8,12,30H2. The Bertz CT molecular complexity index is 1140. The Balaban J connectivity index is 1.93. The van der Waals surface area contributed by atoms with Crippen molar-refractivity contribution in [1.82, 2.24) is 0 Å². The van der Waals surface area contributed by atoms with E-state index in [2.05, 4.69) is 36.4 Å². The summed E-state index contributed by atoms with van der Waals surface area (Å²) in [5.74, 6) is -0.421. The van der Waals surface area contributed by atoms with Gasteiger partial charge >= 0.3 is 0 Å². The summed E-state index contributed by atoms with van der Waals surface area (Å²) >= 11 is 6.09. The summed E-state index contributed by atoms with van der Waals surface area (Å²) in [5.41, 5.74) is 7.95. The first-order valence-corrected chi connectivity index (χ1v) is 10.2. The molecule has 0 saturated carbocycles. The molecule has 0 radical (unpaired) electrons. The number of hydrogen-bond acceptors (Lipinski definition) is 4. The highest BCUT2D eigenvalue weighted by Crippen LogP contribution is 2.57. The number of fused-ring (bicyclic) bond motifs is 1. The minimum Gasteiger partial charge on any atom is -0.399 e. The van der Waals surface area contributed by atoms with E-state index in [0.29, 0.717) is 5.02 Å². The van der Waals surface area contributed by atoms with Gasteiger partial charge in [0.2, 0.25) is 0 Å². The van der Waals surface area contributed by atoms with Crippen molar-refractivity contribution < 1.29 is 0 Å². The fourth-order valence-electron chi connectivity index (χ4n) is 4.93. The summed E-state index contributed by atoms with van der Waals surface area (Å²) in [7, 11) is 0. The summed E-state index contributed by atoms with van der Waals surface area (Å²) in [6.07, 6.45) is 3.58. The zero-order valence-electron chi connectivity index (χ0n) is 16.2. The third kappa shape index (κ3) is 2.96. The van der Waals surface area contributed by atoms with Crippen LogP contribution in [0, 0.1) is 45.3 Å². The number of allylic oxidation sites excluding steroid dienone is 4. The first kappa shape index (κ1) is 19.8. The SMILES string of the molecule is N#CC1=C(N)C(C#N)(C#N)C(c2ccc(Cl)cc2)C2CC(c3ccccc3)CC=C12. The predicted octanol–water partition coefficient (Wildman–Crippen LogP) is 5.33. The molecule has 0 saturated heterocycles. The van der Waals surface area contributed by atoms with E-state index in [4.69, 9.17) is 17.3 Å². The van der Waals surface area contributed by atoms with E-state index >= 15 is 0 Å². The van der Waals surface area contributed by atoms with Crippen LogP contribution in [0.1, 0.15) is 35.8 Å². The molecule has 2 aliphatic rings. The summed E-state index contributed by atoms with van der Waals surface area (Å²) in [5, 5.41) is 30.7. The van der Waals surface area contributed by atoms with Gasteiger partial charge in [-0.15, -0.1) is 0 Å². The summed E-state index contributed by atoms with van der Waals surface area (Å²) < 4.78 is 0. The van der Waals surface area contributed by atoms with Gasteiger partial charge in [-0.3, -0.25) is 0 Å². The molecule has 4 rings (SSSR count). The number of rotatable bonds is 2. The molecule has 2 N–H and O–H groups in total. The minimum absolute atomic E-state index is 0.0515. The monoisotopic (exact) mass is 410 g/mol. The van der Waals surface area contributed by atoms with Crippen LogP contribution in [-0.4, -0.2) is 0 Å². The Morgan fingerprint density at radius 3 is 2.20 bits per heavy atom. The van der Waals surface area contributed by atoms with Crippen LogP contribution in [0.3, 0.4) is 0 Å². The lowest BCUT2D eigenvalue weighted by atomic mass is 9.55. The van der Waals surface area contributed by atoms with Crippen molar-refractivity contribution in [1.29, 1.82) is 15.8 Å². The lowest BCUT2D eigenvalue weighted by Crippen LogP contribution is -2.43. The zero-order valence-corrected chi connectivity index (χ0v) is 17.0. The molecule has 0 amide bonds. The largest absolute Gasteiger partial charge is 0.399 e. The Hall–Kier alpha value is -3.52. The molecule has 0 heterocycles. The van der Waals surface area contributed by atoms with Crippen LogP contribution in [-0.2, 0) is 0 Å². The molecule has 146 valence electrons. The second kappa shape index (κ2) is 7.72. The first-order valence-electron chi connectivity index (χ1n) is 9.79. The van der Waals surface area contributed by atoms with E-state index < -0.39 is 11.3 Å². The van der Waals surface area contributed by atoms with Crippen molar-refractivity contribution in [3.8, 4) is 18.2 Å². The topological polar surface area (TPSA) is 97.4 Å². The fraction of sp³-hybridized carbons (Fsp3) is 0.240. The van der Waals surface area contributed by atoms with Gasteiger partial charge in [0.15, 0.2) is 5.41 Å². The lowest BCUT2D eigenvalue weighted by molar-refractivity contribution is 0.303. The van der Waals surface area contributed by atoms with Crippen molar-refractivity contribution in [2.75, 3.05) is 0 Å². The first-order chi connectivity index (χ1) is 14.6. The van der Waals surface area contributed by atoms with E-state index in [9.17, 15) is 15.8 Å². The van der Waals surface area contributed by atoms with Crippen LogP contribution in [0.15, 0.2) is 77.5 Å². The van der Waals surface area contributed by atoms with Gasteiger partial charge in [-0.05, 0) is 53.5 Å². The van der Waals surface area contributed by atoms with E-state index in [0.717, 1.165) is 24.0 Å². The van der Waals surface area contributed by atoms with Crippen molar-refractivity contribution in [2.24, 2.45) is 17.1 Å². The number of halogens is 1. The van der Waals surface area contributed by atoms with Crippen LogP contribution in [0.4, 0.5) is 0 Å². The molecule has 3 unspecified atom stereocenters. The molecule has 2 aliphatic carbocycles. The highest BCUT2D eigenvalue weighted by Gasteiger charge is 2.54. The highest BCUT2D eigenvalue weighted by atomic mass is 35.5. The number of hydrogen-bond donors (Lipinski definition) is 1. The molecular formula is C25H19ClN4. The third-order valence-electron chi connectivity index (χ3n) is 6.38. The molecule has 3 atom stereocenters. The Morgan fingerprint density at radius 2 is 1.60 bits per heavy atom. The summed E-state index contributed by atoms with van der Waals surface area (Å²) in [6, 6.07) is 24.0. The summed E-state index contributed by atoms with van der Waals surface area (Å²) in [6.45, 7) is 0. The third-order valence-corrected chi connectivity index (χ3v) is 6.63. The molecule has 4 nitrogen and oxygen atoms in total. The van der Waals surface area contributed by atoms with Crippen LogP contribution in [0.5, 0.6) is 0 Å². The molecule has 30 heavy (non-hydrogen) atoms. The van der Waals surface area contributed by atoms with Gasteiger partial charge in [-0.25, -0.2) is 0 Å². The number of nitrogens with two attached hydrogens (primary N) is 1. The Labute approximate surface area is 181 Å². The van der Waals surface area contributed by atoms with Crippen LogP contribution < -0.4 is 5.73 Å². The van der Waals surface area contributed by atoms with Gasteiger partial charge in [0.25, 0.3) is 0 Å². The normalized spacial score (nSPS) is 24.6. The minimum atomic E-state index is -1.61. The maximum atomic E-state index is 10.1. The molecule has 0 aliphatic heterocycles. The highest BCUT2D eigenvalue weighted by molar-refractivity contribution is 6.30. The van der Waals surface area contributed by atoms with Crippen LogP contribution in [0.25, 0.3) is 0 Å². The van der Waals surface area contributed by atoms with Crippen LogP contribution in [0.2, 0.25) is 5.02 Å². The van der Waals surface area contributed by atoms with Crippen molar-refractivity contribution >= 4 is 11.6 Å². The van der Waals surface area contributed by atoms with E-state index in [1.165, 1.54) is 5.56 Å². The van der Waals surface area contributed by atoms with Gasteiger partial charge in [0.1, 0.15) is 6.07 Å². The smallest absolute Gasteiger partial charge is 0.191 e. The zero-order chi connectivity index (χ0) is 21.3. The average Bonchev–Trinajstić information content (AvgIpc) is 2.79. The number of nitrogens with zero attached hydrogens (tertiary/aromatic N) is 3. The number of benzene rings is 2. The maximum Gasteiger partial charge on any atom is 0.191 e. The van der Waals surface area contributed by atoms with E-state index in [-0.39, 0.29) is 23.1 Å². The summed E-state index contributed by atoms with van der Waals surface area (Å²) in [4.78, 5) is 0. The molecular weight excluding hydrogens is 392 g/mol. The molecule has 0 fully saturated rings. The molecule has 2 aromatic rings. The van der Waals surface area contributed by atoms with Gasteiger partial charge in [0.05, 0.1) is 23.4 Å². The molecule has 0 spiro atoms. The Morgan fingerprint density at radius 1 is 0.933 bits per heavy atom. The van der Waals surface area contributed by atoms with Gasteiger partial charge < -0.3 is 5.73 Å². The van der Waals surface area contributed by atoms with Crippen molar-refractivity contribution in [3.63, 3.8) is 0 Å². The van der Waals surface area contributed by atoms with Gasteiger partial charge in [-0.2, -0.15) is 15.8 Å². The maximum absolute atomic E-state index is 10.1. The lowest BCUT2D eigenvalue weighted by Gasteiger charge is -2.45. The van der Waals surface area contributed by atoms with Gasteiger partial charge in [-0.1, -0.05) is 60.1 Å². The van der Waals surface area contributed by atoms with Crippen molar-refractivity contribution in [3.05, 3.63) is 93.7 Å². The molecule has 5 heteroatoms. The Kier molecular flexibility index (Phi) is 5.09. The second-order valence-corrected chi connectivity index (χ2v) is 8.24. The average molecular weight is 411 g/mol. The van der Waals surface area contributed by atoms with Crippen molar-refractivity contribution in [2.45, 2.75) is 24.7 Å². The second-order valence-electron chi connectivity index (χ2n) is 7.81.